The zero-order valence-electron chi connectivity index (χ0n) is 23.1. The largest absolute Gasteiger partial charge is 0.490 e. The van der Waals surface area contributed by atoms with Crippen LogP contribution in [0, 0.1) is 12.7 Å². The number of hydrogen-bond acceptors (Lipinski definition) is 7. The minimum Gasteiger partial charge on any atom is -0.490 e. The maximum absolute atomic E-state index is 15.8. The Kier molecular flexibility index (Phi) is 7.56. The van der Waals surface area contributed by atoms with Crippen molar-refractivity contribution in [2.75, 3.05) is 12.3 Å². The third-order valence-corrected chi connectivity index (χ3v) is 7.54. The molecule has 0 bridgehead atoms. The number of rotatable bonds is 7. The van der Waals surface area contributed by atoms with E-state index in [0.717, 1.165) is 0 Å². The number of hydrogen-bond donors (Lipinski definition) is 2. The summed E-state index contributed by atoms with van der Waals surface area (Å²) in [6.07, 6.45) is 5.40. The van der Waals surface area contributed by atoms with Gasteiger partial charge >= 0.3 is 5.97 Å². The number of aryl methyl sites for hydroxylation is 1. The number of nitrogens with zero attached hydrogens (tertiary/aromatic N) is 5. The molecular formula is C29H30ClFN6O4. The maximum Gasteiger partial charge on any atom is 0.326 e. The van der Waals surface area contributed by atoms with Gasteiger partial charge in [0.25, 0.3) is 5.91 Å². The molecule has 41 heavy (non-hydrogen) atoms. The van der Waals surface area contributed by atoms with Crippen molar-refractivity contribution < 1.29 is 23.8 Å². The van der Waals surface area contributed by atoms with Crippen molar-refractivity contribution in [1.29, 1.82) is 0 Å². The van der Waals surface area contributed by atoms with Crippen LogP contribution in [-0.2, 0) is 4.79 Å². The number of amides is 1. The quantitative estimate of drug-likeness (QED) is 0.308. The molecule has 3 N–H and O–H groups in total. The van der Waals surface area contributed by atoms with E-state index in [1.165, 1.54) is 23.2 Å². The van der Waals surface area contributed by atoms with E-state index in [2.05, 4.69) is 9.97 Å². The average molecular weight is 581 g/mol. The number of carbonyl (C=O) groups excluding carboxylic acids is 1. The van der Waals surface area contributed by atoms with Crippen molar-refractivity contribution in [1.82, 2.24) is 24.3 Å². The zero-order valence-corrected chi connectivity index (χ0v) is 23.8. The summed E-state index contributed by atoms with van der Waals surface area (Å²) in [7, 11) is 0. The summed E-state index contributed by atoms with van der Waals surface area (Å²) in [5.41, 5.74) is 8.61. The minimum absolute atomic E-state index is 0.0646. The van der Waals surface area contributed by atoms with Crippen LogP contribution in [0.5, 0.6) is 5.75 Å². The molecule has 214 valence electrons. The second-order valence-corrected chi connectivity index (χ2v) is 10.8. The number of nitrogens with two attached hydrogens (primary N) is 1. The Balaban J connectivity index is 1.60. The van der Waals surface area contributed by atoms with Gasteiger partial charge in [0.15, 0.2) is 5.82 Å². The number of fused-ring (bicyclic) bond motifs is 1. The molecule has 2 atom stereocenters. The fraction of sp³-hybridized carbons (Fsp3) is 0.345. The van der Waals surface area contributed by atoms with Gasteiger partial charge in [-0.3, -0.25) is 14.2 Å². The molecule has 3 aromatic heterocycles. The van der Waals surface area contributed by atoms with Gasteiger partial charge in [-0.2, -0.15) is 0 Å². The number of ether oxygens (including phenoxy) is 1. The molecule has 0 saturated carbocycles. The molecule has 4 heterocycles. The van der Waals surface area contributed by atoms with E-state index in [4.69, 9.17) is 27.1 Å². The summed E-state index contributed by atoms with van der Waals surface area (Å²) >= 11 is 6.45. The van der Waals surface area contributed by atoms with E-state index >= 15 is 4.39 Å². The lowest BCUT2D eigenvalue weighted by Crippen LogP contribution is -2.40. The molecule has 1 amide bonds. The van der Waals surface area contributed by atoms with Crippen molar-refractivity contribution in [2.45, 2.75) is 58.6 Å². The second kappa shape index (κ2) is 11.0. The molecule has 1 fully saturated rings. The van der Waals surface area contributed by atoms with Gasteiger partial charge in [-0.15, -0.1) is 0 Å². The fourth-order valence-corrected chi connectivity index (χ4v) is 5.58. The van der Waals surface area contributed by atoms with Crippen LogP contribution in [0.4, 0.5) is 10.2 Å². The highest BCUT2D eigenvalue weighted by Gasteiger charge is 2.35. The number of anilines is 1. The van der Waals surface area contributed by atoms with Crippen LogP contribution >= 0.6 is 11.6 Å². The van der Waals surface area contributed by atoms with Crippen LogP contribution in [0.2, 0.25) is 5.02 Å². The van der Waals surface area contributed by atoms with E-state index in [0.29, 0.717) is 53.4 Å². The van der Waals surface area contributed by atoms with Gasteiger partial charge in [-0.1, -0.05) is 24.6 Å². The number of pyridine rings is 1. The Morgan fingerprint density at radius 3 is 2.66 bits per heavy atom. The molecular weight excluding hydrogens is 551 g/mol. The summed E-state index contributed by atoms with van der Waals surface area (Å²) in [5, 5.41) is 9.35. The predicted octanol–water partition coefficient (Wildman–Crippen LogP) is 5.10. The van der Waals surface area contributed by atoms with Gasteiger partial charge in [-0.25, -0.2) is 19.2 Å². The standard InChI is InChI=1S/C29H30ClFN6O4/c1-14(2)41-25-18(15(3)27-35-16(4)24-26(32)33-9-11-37(24)27)12-19(30)23(31)22(25)17-7-8-20(34-13-17)28(38)36-10-5-6-21(36)29(39)40/h7-9,11-15,21H,5-6,10H2,1-4H3,(H2,32,33)(H,39,40)/t15-,21-/m0/s1. The van der Waals surface area contributed by atoms with Gasteiger partial charge in [0, 0.05) is 42.2 Å². The van der Waals surface area contributed by atoms with Crippen molar-refractivity contribution in [2.24, 2.45) is 0 Å². The lowest BCUT2D eigenvalue weighted by Gasteiger charge is -2.23. The first-order chi connectivity index (χ1) is 19.5. The molecule has 10 nitrogen and oxygen atoms in total. The zero-order chi connectivity index (χ0) is 29.6. The molecule has 0 aliphatic carbocycles. The van der Waals surface area contributed by atoms with Gasteiger partial charge in [-0.05, 0) is 45.7 Å². The summed E-state index contributed by atoms with van der Waals surface area (Å²) in [6, 6.07) is 3.66. The van der Waals surface area contributed by atoms with Crippen LogP contribution in [0.25, 0.3) is 16.6 Å². The number of nitrogen functional groups attached to an aromatic ring is 1. The molecule has 0 spiro atoms. The Labute approximate surface area is 240 Å². The molecule has 5 rings (SSSR count). The first-order valence-corrected chi connectivity index (χ1v) is 13.6. The van der Waals surface area contributed by atoms with E-state index in [1.54, 1.807) is 18.5 Å². The third kappa shape index (κ3) is 5.06. The van der Waals surface area contributed by atoms with Gasteiger partial charge < -0.3 is 20.5 Å². The van der Waals surface area contributed by atoms with Crippen LogP contribution in [0.3, 0.4) is 0 Å². The Morgan fingerprint density at radius 2 is 2.00 bits per heavy atom. The number of carboxylic acids is 1. The lowest BCUT2D eigenvalue weighted by atomic mass is 9.93. The van der Waals surface area contributed by atoms with Crippen molar-refractivity contribution in [3.8, 4) is 16.9 Å². The monoisotopic (exact) mass is 580 g/mol. The number of likely N-dealkylation sites (tertiary alicyclic amines) is 1. The Bertz CT molecular complexity index is 1660. The molecule has 0 unspecified atom stereocenters. The number of halogens is 2. The van der Waals surface area contributed by atoms with E-state index in [1.807, 2.05) is 32.1 Å². The normalized spacial score (nSPS) is 16.0. The highest BCUT2D eigenvalue weighted by molar-refractivity contribution is 6.31. The topological polar surface area (TPSA) is 136 Å². The Morgan fingerprint density at radius 1 is 1.24 bits per heavy atom. The highest BCUT2D eigenvalue weighted by Crippen LogP contribution is 2.44. The number of carboxylic acid groups (broad SMARTS) is 1. The van der Waals surface area contributed by atoms with Crippen molar-refractivity contribution in [3.63, 3.8) is 0 Å². The molecule has 1 aliphatic rings. The predicted molar refractivity (Wildman–Crippen MR) is 152 cm³/mol. The van der Waals surface area contributed by atoms with Crippen molar-refractivity contribution in [3.05, 3.63) is 70.4 Å². The maximum atomic E-state index is 15.8. The summed E-state index contributed by atoms with van der Waals surface area (Å²) in [5.74, 6) is -1.37. The van der Waals surface area contributed by atoms with E-state index < -0.39 is 29.7 Å². The van der Waals surface area contributed by atoms with Gasteiger partial charge in [0.1, 0.15) is 34.6 Å². The van der Waals surface area contributed by atoms with Gasteiger partial charge in [0.2, 0.25) is 0 Å². The lowest BCUT2D eigenvalue weighted by molar-refractivity contribution is -0.141. The number of imidazole rings is 1. The summed E-state index contributed by atoms with van der Waals surface area (Å²) in [6.45, 7) is 7.76. The van der Waals surface area contributed by atoms with Gasteiger partial charge in [0.05, 0.1) is 22.4 Å². The first kappa shape index (κ1) is 28.3. The van der Waals surface area contributed by atoms with Crippen LogP contribution in [0.1, 0.15) is 67.1 Å². The van der Waals surface area contributed by atoms with Crippen LogP contribution in [-0.4, -0.2) is 59.9 Å². The highest BCUT2D eigenvalue weighted by atomic mass is 35.5. The van der Waals surface area contributed by atoms with Crippen LogP contribution in [0.15, 0.2) is 36.8 Å². The second-order valence-electron chi connectivity index (χ2n) is 10.4. The van der Waals surface area contributed by atoms with E-state index in [-0.39, 0.29) is 28.1 Å². The number of carbonyl (C=O) groups is 2. The number of aromatic nitrogens is 4. The number of benzene rings is 1. The third-order valence-electron chi connectivity index (χ3n) is 7.26. The average Bonchev–Trinajstić information content (AvgIpc) is 3.56. The molecule has 1 aliphatic heterocycles. The summed E-state index contributed by atoms with van der Waals surface area (Å²) in [4.78, 5) is 39.1. The smallest absolute Gasteiger partial charge is 0.326 e. The molecule has 0 radical (unpaired) electrons. The molecule has 12 heteroatoms. The molecule has 4 aromatic rings. The van der Waals surface area contributed by atoms with Crippen molar-refractivity contribution >= 4 is 34.8 Å². The van der Waals surface area contributed by atoms with Crippen LogP contribution < -0.4 is 10.5 Å². The summed E-state index contributed by atoms with van der Waals surface area (Å²) < 4.78 is 23.8. The van der Waals surface area contributed by atoms with E-state index in [9.17, 15) is 14.7 Å². The Hall–Kier alpha value is -4.25. The number of aliphatic carboxylic acids is 1. The molecule has 1 aromatic carbocycles. The minimum atomic E-state index is -1.05. The fourth-order valence-electron chi connectivity index (χ4n) is 5.37. The SMILES string of the molecule is Cc1nc([C@@H](C)c2cc(Cl)c(F)c(-c3ccc(C(=O)N4CCC[C@H]4C(=O)O)nc3)c2OC(C)C)n2ccnc(N)c12. The first-order valence-electron chi connectivity index (χ1n) is 13.3. The molecule has 1 saturated heterocycles.